The zero-order chi connectivity index (χ0) is 38.8. The van der Waals surface area contributed by atoms with Crippen LogP contribution in [0.15, 0.2) is 18.2 Å². The molecule has 0 saturated heterocycles. The van der Waals surface area contributed by atoms with E-state index in [1.165, 1.54) is 40.0 Å². The van der Waals surface area contributed by atoms with Gasteiger partial charge in [-0.3, -0.25) is 0 Å². The van der Waals surface area contributed by atoms with Crippen molar-refractivity contribution in [1.82, 2.24) is 0 Å². The van der Waals surface area contributed by atoms with E-state index in [2.05, 4.69) is 30.6 Å². The first-order chi connectivity index (χ1) is 26.1. The molecule has 0 aliphatic heterocycles. The molecule has 54 heavy (non-hydrogen) atoms. The van der Waals surface area contributed by atoms with Crippen LogP contribution in [0.5, 0.6) is 0 Å². The molecule has 0 unspecified atom stereocenters. The van der Waals surface area contributed by atoms with Gasteiger partial charge in [-0.1, -0.05) is 49.7 Å². The third-order valence-corrected chi connectivity index (χ3v) is 23.0. The van der Waals surface area contributed by atoms with Gasteiger partial charge in [0.15, 0.2) is 0 Å². The zero-order valence-corrected chi connectivity index (χ0v) is 38.0. The summed E-state index contributed by atoms with van der Waals surface area (Å²) in [5.41, 5.74) is 4.51. The van der Waals surface area contributed by atoms with Gasteiger partial charge in [-0.05, 0) is 154 Å². The normalized spacial score (nSPS) is 23.8. The van der Waals surface area contributed by atoms with E-state index in [0.717, 1.165) is 0 Å². The number of hydrogen-bond donors (Lipinski definition) is 0. The Morgan fingerprint density at radius 2 is 0.574 bits per heavy atom. The molecule has 0 amide bonds. The number of hydrogen-bond acceptors (Lipinski definition) is 0. The van der Waals surface area contributed by atoms with Crippen molar-refractivity contribution in [3.63, 3.8) is 0 Å². The summed E-state index contributed by atoms with van der Waals surface area (Å²) in [7, 11) is -0.0930. The maximum absolute atomic E-state index is 12.0. The molecule has 1 aromatic rings. The Morgan fingerprint density at radius 3 is 0.741 bits per heavy atom. The third kappa shape index (κ3) is 15.8. The molecule has 0 spiro atoms. The van der Waals surface area contributed by atoms with Gasteiger partial charge in [0, 0.05) is 15.8 Å². The molecule has 0 radical (unpaired) electrons. The van der Waals surface area contributed by atoms with Crippen LogP contribution in [0.4, 0.5) is 26.3 Å². The number of rotatable bonds is 6. The second-order valence-corrected chi connectivity index (χ2v) is 24.4. The fourth-order valence-corrected chi connectivity index (χ4v) is 21.9. The van der Waals surface area contributed by atoms with Crippen molar-refractivity contribution in [2.75, 3.05) is 0 Å². The van der Waals surface area contributed by atoms with E-state index in [0.29, 0.717) is 18.2 Å². The minimum atomic E-state index is -4.80. The van der Waals surface area contributed by atoms with Crippen LogP contribution >= 0.6 is 29.3 Å². The predicted octanol–water partition coefficient (Wildman–Crippen LogP) is 16.8. The van der Waals surface area contributed by atoms with Gasteiger partial charge in [-0.25, -0.2) is 0 Å². The first-order valence-corrected chi connectivity index (χ1v) is 29.1. The molecule has 10 heteroatoms. The van der Waals surface area contributed by atoms with Gasteiger partial charge in [0.25, 0.3) is 0 Å². The first-order valence-electron chi connectivity index (χ1n) is 22.1. The molecular formula is C44H71BrF6P2Pd+2. The third-order valence-electron chi connectivity index (χ3n) is 13.9. The minimum absolute atomic E-state index is 0.0465. The Balaban J connectivity index is 0.000000179. The fraction of sp³-hybridized carbons (Fsp3) is 0.864. The fourth-order valence-electron chi connectivity index (χ4n) is 11.4. The van der Waals surface area contributed by atoms with E-state index in [9.17, 15) is 26.3 Å². The van der Waals surface area contributed by atoms with Crippen molar-refractivity contribution in [2.24, 2.45) is 0 Å². The number of alkyl halides is 6. The maximum atomic E-state index is 12.0. The van der Waals surface area contributed by atoms with E-state index in [1.807, 2.05) is 0 Å². The molecule has 314 valence electrons. The molecular weight excluding hydrogens is 891 g/mol. The van der Waals surface area contributed by atoms with Crippen LogP contribution in [0, 0.1) is 6.07 Å². The van der Waals surface area contributed by atoms with Gasteiger partial charge in [-0.2, -0.15) is 50.6 Å². The quantitative estimate of drug-likeness (QED) is 0.115. The molecule has 0 bridgehead atoms. The van der Waals surface area contributed by atoms with Crippen molar-refractivity contribution >= 4 is 29.3 Å². The van der Waals surface area contributed by atoms with Crippen LogP contribution in [-0.4, -0.2) is 34.0 Å². The van der Waals surface area contributed by atoms with E-state index in [4.69, 9.17) is 0 Å². The Kier molecular flexibility index (Phi) is 22.4. The Labute approximate surface area is 345 Å². The van der Waals surface area contributed by atoms with E-state index < -0.39 is 23.5 Å². The second kappa shape index (κ2) is 25.4. The van der Waals surface area contributed by atoms with Crippen LogP contribution < -0.4 is 0 Å². The van der Waals surface area contributed by atoms with E-state index in [1.54, 1.807) is 193 Å². The summed E-state index contributed by atoms with van der Waals surface area (Å²) in [6, 6.07) is 3.04. The molecule has 6 saturated carbocycles. The van der Waals surface area contributed by atoms with E-state index >= 15 is 0 Å². The topological polar surface area (TPSA) is 0 Å². The second-order valence-electron chi connectivity index (χ2n) is 17.5. The zero-order valence-electron chi connectivity index (χ0n) is 32.9. The summed E-state index contributed by atoms with van der Waals surface area (Å²) in [4.78, 5) is 0. The first kappa shape index (κ1) is 47.5. The summed E-state index contributed by atoms with van der Waals surface area (Å²) >= 11 is 5.35. The summed E-state index contributed by atoms with van der Waals surface area (Å²) < 4.78 is 71.7. The predicted molar refractivity (Wildman–Crippen MR) is 222 cm³/mol. The molecule has 6 fully saturated rings. The Hall–Kier alpha value is 0.802. The van der Waals surface area contributed by atoms with Crippen LogP contribution in [0.2, 0.25) is 0 Å². The van der Waals surface area contributed by atoms with E-state index in [-0.39, 0.29) is 15.8 Å². The molecule has 6 aliphatic rings. The van der Waals surface area contributed by atoms with Gasteiger partial charge >= 0.3 is 43.0 Å². The standard InChI is InChI=1S/2C18H33P.C8H3F6.BrH.Pd/c2*1-4-10-16(11-5-1)19(17-12-6-2-7-13-17)18-14-8-3-9-15-18;9-7(10,11)5-2-1-3-6(4-5)8(12,13)14;;/h2*16-18H,1-15H2;1-3H;1H;/q;;-1;;+2/p+1. The average Bonchev–Trinajstić information content (AvgIpc) is 3.21. The van der Waals surface area contributed by atoms with Crippen molar-refractivity contribution in [1.29, 1.82) is 0 Å². The molecule has 0 aromatic heterocycles. The number of halogens is 7. The summed E-state index contributed by atoms with van der Waals surface area (Å²) in [5, 5.41) is 0. The van der Waals surface area contributed by atoms with Gasteiger partial charge in [0.2, 0.25) is 0 Å². The molecule has 6 aliphatic carbocycles. The van der Waals surface area contributed by atoms with Crippen LogP contribution in [0.3, 0.4) is 0 Å². The summed E-state index contributed by atoms with van der Waals surface area (Å²) in [6.07, 6.45) is 38.0. The van der Waals surface area contributed by atoms with Crippen LogP contribution in [0.25, 0.3) is 0 Å². The number of benzene rings is 1. The summed E-state index contributed by atoms with van der Waals surface area (Å²) in [5.74, 6) is 0. The molecule has 0 heterocycles. The van der Waals surface area contributed by atoms with Crippen LogP contribution in [-0.2, 0) is 29.5 Å². The monoisotopic (exact) mass is 960 g/mol. The van der Waals surface area contributed by atoms with Gasteiger partial charge in [0.05, 0.1) is 34.0 Å². The van der Waals surface area contributed by atoms with Crippen LogP contribution in [0.1, 0.15) is 204 Å². The molecule has 0 nitrogen and oxygen atoms in total. The van der Waals surface area contributed by atoms with Crippen molar-refractivity contribution in [3.8, 4) is 0 Å². The molecule has 7 rings (SSSR count). The van der Waals surface area contributed by atoms with Gasteiger partial charge < -0.3 is 0 Å². The molecule has 0 N–H and O–H groups in total. The summed E-state index contributed by atoms with van der Waals surface area (Å²) in [6.45, 7) is 0. The Morgan fingerprint density at radius 1 is 0.389 bits per heavy atom. The molecule has 0 atom stereocenters. The SMILES string of the molecule is C1CCC([PH+](C2CCCCC2)C2CCCCC2)CC1.C1CCC([PH+](C2CCCCC2)C2CCCCC2)CC1.FC(F)(F)c1[c-]c(C(F)(F)F)ccc1.[Br][Pd+]. The van der Waals surface area contributed by atoms with Crippen molar-refractivity contribution < 1.29 is 43.5 Å². The average molecular weight is 962 g/mol. The molecule has 1 aromatic carbocycles. The Bertz CT molecular complexity index is 946. The van der Waals surface area contributed by atoms with Crippen molar-refractivity contribution in [2.45, 2.75) is 239 Å². The van der Waals surface area contributed by atoms with Gasteiger partial charge in [0.1, 0.15) is 0 Å². The van der Waals surface area contributed by atoms with Crippen molar-refractivity contribution in [3.05, 3.63) is 35.4 Å². The van der Waals surface area contributed by atoms with Gasteiger partial charge in [-0.15, -0.1) is 0 Å².